The third kappa shape index (κ3) is 27.3. The van der Waals surface area contributed by atoms with E-state index in [4.69, 9.17) is 4.74 Å². The van der Waals surface area contributed by atoms with Crippen LogP contribution in [-0.2, 0) is 14.3 Å². The van der Waals surface area contributed by atoms with Crippen LogP contribution in [-0.4, -0.2) is 17.9 Å². The molecule has 0 aliphatic rings. The summed E-state index contributed by atoms with van der Waals surface area (Å²) in [4.78, 5) is 23.4. The van der Waals surface area contributed by atoms with Gasteiger partial charge in [-0.3, -0.25) is 9.59 Å². The predicted molar refractivity (Wildman–Crippen MR) is 152 cm³/mol. The van der Waals surface area contributed by atoms with Crippen molar-refractivity contribution in [3.05, 3.63) is 12.2 Å². The number of ether oxygens (including phenoxy) is 1. The fourth-order valence-electron chi connectivity index (χ4n) is 4.67. The molecule has 0 bridgehead atoms. The number of hydrogen-bond donors (Lipinski definition) is 0. The van der Waals surface area contributed by atoms with Crippen LogP contribution in [0.25, 0.3) is 0 Å². The predicted octanol–water partition coefficient (Wildman–Crippen LogP) is 10.4. The van der Waals surface area contributed by atoms with Crippen molar-refractivity contribution < 1.29 is 14.3 Å². The smallest absolute Gasteiger partial charge is 0.302 e. The summed E-state index contributed by atoms with van der Waals surface area (Å²) in [5.41, 5.74) is 0. The Hall–Kier alpha value is -1.12. The molecule has 0 unspecified atom stereocenters. The summed E-state index contributed by atoms with van der Waals surface area (Å²) in [5, 5.41) is 0. The molecule has 0 amide bonds. The van der Waals surface area contributed by atoms with E-state index >= 15 is 0 Å². The van der Waals surface area contributed by atoms with Gasteiger partial charge in [0, 0.05) is 26.2 Å². The van der Waals surface area contributed by atoms with Crippen LogP contribution >= 0.6 is 0 Å². The first kappa shape index (κ1) is 33.9. The molecule has 0 aromatic rings. The first-order chi connectivity index (χ1) is 17.1. The number of carbonyl (C=O) groups excluding carboxylic acids is 2. The zero-order valence-electron chi connectivity index (χ0n) is 23.9. The van der Waals surface area contributed by atoms with Gasteiger partial charge in [-0.1, -0.05) is 122 Å². The van der Waals surface area contributed by atoms with Crippen LogP contribution in [0.4, 0.5) is 0 Å². The zero-order valence-corrected chi connectivity index (χ0v) is 23.9. The molecule has 0 fully saturated rings. The third-order valence-corrected chi connectivity index (χ3v) is 6.91. The molecule has 0 N–H and O–H groups in total. The second-order valence-electron chi connectivity index (χ2n) is 10.6. The lowest BCUT2D eigenvalue weighted by Gasteiger charge is -2.15. The second kappa shape index (κ2) is 27.5. The van der Waals surface area contributed by atoms with E-state index in [-0.39, 0.29) is 12.1 Å². The number of allylic oxidation sites excluding steroid dienone is 1. The van der Waals surface area contributed by atoms with Crippen molar-refractivity contribution in [2.45, 2.75) is 181 Å². The lowest BCUT2D eigenvalue weighted by molar-refractivity contribution is -0.146. The highest BCUT2D eigenvalue weighted by atomic mass is 16.5. The number of ketones is 1. The Labute approximate surface area is 219 Å². The molecule has 0 heterocycles. The molecule has 3 nitrogen and oxygen atoms in total. The van der Waals surface area contributed by atoms with Crippen LogP contribution in [0, 0.1) is 0 Å². The second-order valence-corrected chi connectivity index (χ2v) is 10.6. The molecule has 0 aliphatic heterocycles. The van der Waals surface area contributed by atoms with Gasteiger partial charge in [0.1, 0.15) is 11.9 Å². The molecule has 0 aromatic heterocycles. The Morgan fingerprint density at radius 3 is 1.57 bits per heavy atom. The van der Waals surface area contributed by atoms with Crippen molar-refractivity contribution in [3.63, 3.8) is 0 Å². The first-order valence-electron chi connectivity index (χ1n) is 15.4. The summed E-state index contributed by atoms with van der Waals surface area (Å²) in [5.74, 6) is 0.311. The van der Waals surface area contributed by atoms with E-state index in [1.807, 2.05) is 0 Å². The first-order valence-corrected chi connectivity index (χ1v) is 15.4. The fraction of sp³-hybridized carbons (Fsp3) is 0.875. The fourth-order valence-corrected chi connectivity index (χ4v) is 4.67. The minimum atomic E-state index is -0.166. The standard InChI is InChI=1S/C32H60O3/c1-4-6-8-10-11-12-13-16-19-22-26-31(34)27-23-20-17-14-15-18-21-25-29-32(35-30(3)33)28-24-9-7-5-2/h21,25,32H,4-20,22-24,26-29H2,1-3H3/b25-21-/t32-/m1/s1. The zero-order chi connectivity index (χ0) is 25.8. The molecule has 0 saturated heterocycles. The van der Waals surface area contributed by atoms with Gasteiger partial charge in [-0.15, -0.1) is 0 Å². The molecule has 3 heteroatoms. The average molecular weight is 493 g/mol. The molecule has 0 aromatic carbocycles. The van der Waals surface area contributed by atoms with Crippen molar-refractivity contribution in [1.29, 1.82) is 0 Å². The number of rotatable bonds is 27. The summed E-state index contributed by atoms with van der Waals surface area (Å²) in [7, 11) is 0. The molecule has 206 valence electrons. The molecular weight excluding hydrogens is 432 g/mol. The molecular formula is C32H60O3. The van der Waals surface area contributed by atoms with Gasteiger partial charge in [0.15, 0.2) is 0 Å². The number of unbranched alkanes of at least 4 members (excludes halogenated alkanes) is 17. The molecule has 0 aliphatic carbocycles. The van der Waals surface area contributed by atoms with Crippen LogP contribution in [0.2, 0.25) is 0 Å². The van der Waals surface area contributed by atoms with Crippen molar-refractivity contribution >= 4 is 11.8 Å². The molecule has 0 rings (SSSR count). The van der Waals surface area contributed by atoms with E-state index in [0.29, 0.717) is 5.78 Å². The highest BCUT2D eigenvalue weighted by Gasteiger charge is 2.09. The Morgan fingerprint density at radius 2 is 1.06 bits per heavy atom. The molecule has 0 spiro atoms. The van der Waals surface area contributed by atoms with Crippen molar-refractivity contribution in [1.82, 2.24) is 0 Å². The van der Waals surface area contributed by atoms with Gasteiger partial charge in [0.2, 0.25) is 0 Å². The quantitative estimate of drug-likeness (QED) is 0.0650. The number of hydrogen-bond acceptors (Lipinski definition) is 3. The maximum atomic E-state index is 12.1. The SMILES string of the molecule is CCCCCCCCCCCCC(=O)CCCCCCC/C=C\C[C@@H](CCCCCC)OC(C)=O. The van der Waals surface area contributed by atoms with Gasteiger partial charge >= 0.3 is 5.97 Å². The van der Waals surface area contributed by atoms with E-state index < -0.39 is 0 Å². The summed E-state index contributed by atoms with van der Waals surface area (Å²) >= 11 is 0. The minimum absolute atomic E-state index is 0.0402. The lowest BCUT2D eigenvalue weighted by Crippen LogP contribution is -2.15. The Morgan fingerprint density at radius 1 is 0.600 bits per heavy atom. The summed E-state index contributed by atoms with van der Waals surface area (Å²) < 4.78 is 5.47. The largest absolute Gasteiger partial charge is 0.462 e. The van der Waals surface area contributed by atoms with E-state index in [9.17, 15) is 9.59 Å². The van der Waals surface area contributed by atoms with Crippen LogP contribution < -0.4 is 0 Å². The normalized spacial score (nSPS) is 12.3. The van der Waals surface area contributed by atoms with Crippen LogP contribution in [0.5, 0.6) is 0 Å². The van der Waals surface area contributed by atoms with Gasteiger partial charge in [-0.2, -0.15) is 0 Å². The molecule has 0 radical (unpaired) electrons. The molecule has 1 atom stereocenters. The average Bonchev–Trinajstić information content (AvgIpc) is 2.83. The van der Waals surface area contributed by atoms with Crippen LogP contribution in [0.3, 0.4) is 0 Å². The summed E-state index contributed by atoms with van der Waals surface area (Å²) in [6, 6.07) is 0. The van der Waals surface area contributed by atoms with Crippen LogP contribution in [0.15, 0.2) is 12.2 Å². The minimum Gasteiger partial charge on any atom is -0.462 e. The molecule has 35 heavy (non-hydrogen) atoms. The van der Waals surface area contributed by atoms with Crippen molar-refractivity contribution in [2.75, 3.05) is 0 Å². The van der Waals surface area contributed by atoms with E-state index in [0.717, 1.165) is 51.4 Å². The van der Waals surface area contributed by atoms with Crippen molar-refractivity contribution in [3.8, 4) is 0 Å². The lowest BCUT2D eigenvalue weighted by atomic mass is 10.0. The Kier molecular flexibility index (Phi) is 26.6. The van der Waals surface area contributed by atoms with Gasteiger partial charge < -0.3 is 4.74 Å². The van der Waals surface area contributed by atoms with E-state index in [2.05, 4.69) is 26.0 Å². The van der Waals surface area contributed by atoms with E-state index in [1.54, 1.807) is 0 Å². The number of esters is 1. The summed E-state index contributed by atoms with van der Waals surface area (Å²) in [6.45, 7) is 5.99. The third-order valence-electron chi connectivity index (χ3n) is 6.91. The summed E-state index contributed by atoms with van der Waals surface area (Å²) in [6.07, 6.45) is 33.0. The van der Waals surface area contributed by atoms with Gasteiger partial charge in [-0.25, -0.2) is 0 Å². The number of Topliss-reactive ketones (excluding diaryl/α,β-unsaturated/α-hetero) is 1. The number of carbonyl (C=O) groups is 2. The highest BCUT2D eigenvalue weighted by molar-refractivity contribution is 5.78. The van der Waals surface area contributed by atoms with Crippen LogP contribution in [0.1, 0.15) is 175 Å². The highest BCUT2D eigenvalue weighted by Crippen LogP contribution is 2.15. The topological polar surface area (TPSA) is 43.4 Å². The molecule has 0 saturated carbocycles. The van der Waals surface area contributed by atoms with E-state index in [1.165, 1.54) is 110 Å². The maximum Gasteiger partial charge on any atom is 0.302 e. The Balaban J connectivity index is 3.52. The van der Waals surface area contributed by atoms with Gasteiger partial charge in [-0.05, 0) is 38.5 Å². The Bertz CT molecular complexity index is 497. The van der Waals surface area contributed by atoms with Gasteiger partial charge in [0.25, 0.3) is 0 Å². The maximum absolute atomic E-state index is 12.1. The van der Waals surface area contributed by atoms with Crippen molar-refractivity contribution in [2.24, 2.45) is 0 Å². The van der Waals surface area contributed by atoms with Gasteiger partial charge in [0.05, 0.1) is 0 Å². The monoisotopic (exact) mass is 492 g/mol.